The van der Waals surface area contributed by atoms with E-state index < -0.39 is 0 Å². The van der Waals surface area contributed by atoms with Crippen molar-refractivity contribution in [2.75, 3.05) is 4.90 Å². The normalized spacial score (nSPS) is 14.8. The third kappa shape index (κ3) is 2.59. The standard InChI is InChI=1S/C14H15BrN2S/c1-10-7-13(15)14(16-8-10)17(11-4-5-11)9-12-3-2-6-18-12/h2-3,6-8,11H,4-5,9H2,1H3. The van der Waals surface area contributed by atoms with Gasteiger partial charge in [-0.1, -0.05) is 6.07 Å². The second-order valence-electron chi connectivity index (χ2n) is 4.76. The lowest BCUT2D eigenvalue weighted by Crippen LogP contribution is -2.25. The second kappa shape index (κ2) is 5.02. The number of thiophene rings is 1. The van der Waals surface area contributed by atoms with Gasteiger partial charge >= 0.3 is 0 Å². The summed E-state index contributed by atoms with van der Waals surface area (Å²) in [5.41, 5.74) is 1.19. The summed E-state index contributed by atoms with van der Waals surface area (Å²) in [5.74, 6) is 1.08. The summed E-state index contributed by atoms with van der Waals surface area (Å²) in [4.78, 5) is 8.43. The Kier molecular flexibility index (Phi) is 3.39. The molecule has 0 unspecified atom stereocenters. The molecule has 0 spiro atoms. The first kappa shape index (κ1) is 12.2. The average Bonchev–Trinajstić information content (AvgIpc) is 3.05. The molecule has 4 heteroatoms. The Hall–Kier alpha value is -0.870. The van der Waals surface area contributed by atoms with E-state index in [1.807, 2.05) is 17.5 Å². The van der Waals surface area contributed by atoms with E-state index in [4.69, 9.17) is 0 Å². The summed E-state index contributed by atoms with van der Waals surface area (Å²) in [6.45, 7) is 3.04. The van der Waals surface area contributed by atoms with Crippen LogP contribution in [0, 0.1) is 6.92 Å². The molecule has 2 aromatic heterocycles. The van der Waals surface area contributed by atoms with Crippen LogP contribution in [0.5, 0.6) is 0 Å². The number of halogens is 1. The van der Waals surface area contributed by atoms with Crippen LogP contribution in [0.2, 0.25) is 0 Å². The molecule has 0 aliphatic heterocycles. The van der Waals surface area contributed by atoms with E-state index in [1.54, 1.807) is 0 Å². The summed E-state index contributed by atoms with van der Waals surface area (Å²) in [6, 6.07) is 7.12. The molecule has 0 amide bonds. The fourth-order valence-electron chi connectivity index (χ4n) is 2.07. The molecule has 3 rings (SSSR count). The summed E-state index contributed by atoms with van der Waals surface area (Å²) in [6.07, 6.45) is 4.52. The molecule has 2 nitrogen and oxygen atoms in total. The molecule has 0 bridgehead atoms. The third-order valence-corrected chi connectivity index (χ3v) is 4.57. The predicted molar refractivity (Wildman–Crippen MR) is 80.2 cm³/mol. The summed E-state index contributed by atoms with van der Waals surface area (Å²) in [7, 11) is 0. The van der Waals surface area contributed by atoms with Crippen LogP contribution in [-0.2, 0) is 6.54 Å². The van der Waals surface area contributed by atoms with Gasteiger partial charge in [0, 0.05) is 17.1 Å². The molecule has 1 aliphatic carbocycles. The highest BCUT2D eigenvalue weighted by atomic mass is 79.9. The number of aryl methyl sites for hydroxylation is 1. The Morgan fingerprint density at radius 3 is 2.94 bits per heavy atom. The molecule has 18 heavy (non-hydrogen) atoms. The van der Waals surface area contributed by atoms with Gasteiger partial charge in [0.05, 0.1) is 11.0 Å². The average molecular weight is 323 g/mol. The molecule has 94 valence electrons. The maximum atomic E-state index is 4.60. The highest BCUT2D eigenvalue weighted by Crippen LogP contribution is 2.36. The minimum absolute atomic E-state index is 0.665. The predicted octanol–water partition coefficient (Wildman–Crippen LogP) is 4.38. The lowest BCUT2D eigenvalue weighted by molar-refractivity contribution is 0.783. The first-order chi connectivity index (χ1) is 8.74. The zero-order chi connectivity index (χ0) is 12.5. The Morgan fingerprint density at radius 1 is 1.50 bits per heavy atom. The molecule has 0 radical (unpaired) electrons. The zero-order valence-corrected chi connectivity index (χ0v) is 12.7. The van der Waals surface area contributed by atoms with Crippen molar-refractivity contribution in [2.24, 2.45) is 0 Å². The van der Waals surface area contributed by atoms with E-state index in [1.165, 1.54) is 23.3 Å². The molecular formula is C14H15BrN2S. The van der Waals surface area contributed by atoms with E-state index in [0.717, 1.165) is 16.8 Å². The molecule has 1 fully saturated rings. The fraction of sp³-hybridized carbons (Fsp3) is 0.357. The van der Waals surface area contributed by atoms with Gasteiger partial charge in [-0.05, 0) is 58.8 Å². The van der Waals surface area contributed by atoms with Gasteiger partial charge in [0.15, 0.2) is 0 Å². The minimum Gasteiger partial charge on any atom is -0.348 e. The van der Waals surface area contributed by atoms with Crippen LogP contribution in [0.4, 0.5) is 5.82 Å². The molecule has 0 aromatic carbocycles. The SMILES string of the molecule is Cc1cnc(N(Cc2cccs2)C2CC2)c(Br)c1. The number of hydrogen-bond acceptors (Lipinski definition) is 3. The van der Waals surface area contributed by atoms with Crippen molar-refractivity contribution >= 4 is 33.1 Å². The van der Waals surface area contributed by atoms with Gasteiger partial charge in [-0.2, -0.15) is 0 Å². The maximum absolute atomic E-state index is 4.60. The van der Waals surface area contributed by atoms with E-state index in [0.29, 0.717) is 6.04 Å². The van der Waals surface area contributed by atoms with Crippen molar-refractivity contribution in [1.82, 2.24) is 4.98 Å². The Morgan fingerprint density at radius 2 is 2.33 bits per heavy atom. The number of anilines is 1. The van der Waals surface area contributed by atoms with E-state index >= 15 is 0 Å². The topological polar surface area (TPSA) is 16.1 Å². The first-order valence-electron chi connectivity index (χ1n) is 6.15. The van der Waals surface area contributed by atoms with E-state index in [9.17, 15) is 0 Å². The summed E-state index contributed by atoms with van der Waals surface area (Å²) >= 11 is 5.46. The smallest absolute Gasteiger partial charge is 0.143 e. The molecule has 2 aromatic rings. The summed E-state index contributed by atoms with van der Waals surface area (Å²) < 4.78 is 1.10. The van der Waals surface area contributed by atoms with Gasteiger partial charge in [0.1, 0.15) is 5.82 Å². The second-order valence-corrected chi connectivity index (χ2v) is 6.64. The van der Waals surface area contributed by atoms with Crippen LogP contribution in [0.1, 0.15) is 23.3 Å². The van der Waals surface area contributed by atoms with Gasteiger partial charge in [0.2, 0.25) is 0 Å². The van der Waals surface area contributed by atoms with E-state index in [-0.39, 0.29) is 0 Å². The van der Waals surface area contributed by atoms with Crippen LogP contribution < -0.4 is 4.90 Å². The van der Waals surface area contributed by atoms with Crippen molar-refractivity contribution in [3.8, 4) is 0 Å². The monoisotopic (exact) mass is 322 g/mol. The summed E-state index contributed by atoms with van der Waals surface area (Å²) in [5, 5.41) is 2.14. The van der Waals surface area contributed by atoms with Crippen LogP contribution >= 0.6 is 27.3 Å². The first-order valence-corrected chi connectivity index (χ1v) is 7.82. The van der Waals surface area contributed by atoms with Gasteiger partial charge in [-0.25, -0.2) is 4.98 Å². The van der Waals surface area contributed by atoms with Crippen LogP contribution in [0.15, 0.2) is 34.2 Å². The number of rotatable bonds is 4. The van der Waals surface area contributed by atoms with Gasteiger partial charge < -0.3 is 4.90 Å². The van der Waals surface area contributed by atoms with Crippen molar-refractivity contribution in [2.45, 2.75) is 32.4 Å². The van der Waals surface area contributed by atoms with Gasteiger partial charge in [-0.15, -0.1) is 11.3 Å². The maximum Gasteiger partial charge on any atom is 0.143 e. The molecule has 1 saturated carbocycles. The highest BCUT2D eigenvalue weighted by molar-refractivity contribution is 9.10. The van der Waals surface area contributed by atoms with Crippen molar-refractivity contribution in [1.29, 1.82) is 0 Å². The Bertz CT molecular complexity index is 535. The van der Waals surface area contributed by atoms with Crippen LogP contribution in [0.3, 0.4) is 0 Å². The van der Waals surface area contributed by atoms with E-state index in [2.05, 4.69) is 56.3 Å². The van der Waals surface area contributed by atoms with Crippen molar-refractivity contribution < 1.29 is 0 Å². The third-order valence-electron chi connectivity index (χ3n) is 3.12. The zero-order valence-electron chi connectivity index (χ0n) is 10.3. The van der Waals surface area contributed by atoms with Crippen molar-refractivity contribution in [3.63, 3.8) is 0 Å². The molecule has 2 heterocycles. The molecular weight excluding hydrogens is 308 g/mol. The highest BCUT2D eigenvalue weighted by Gasteiger charge is 2.31. The molecule has 0 saturated heterocycles. The lowest BCUT2D eigenvalue weighted by Gasteiger charge is -2.24. The fourth-order valence-corrected chi connectivity index (χ4v) is 3.47. The Balaban J connectivity index is 1.89. The number of hydrogen-bond donors (Lipinski definition) is 0. The lowest BCUT2D eigenvalue weighted by atomic mass is 10.3. The molecule has 0 N–H and O–H groups in total. The van der Waals surface area contributed by atoms with Gasteiger partial charge in [-0.3, -0.25) is 0 Å². The Labute approximate surface area is 120 Å². The quantitative estimate of drug-likeness (QED) is 0.830. The minimum atomic E-state index is 0.665. The molecule has 0 atom stereocenters. The molecule has 1 aliphatic rings. The number of nitrogens with zero attached hydrogens (tertiary/aromatic N) is 2. The number of pyridine rings is 1. The van der Waals surface area contributed by atoms with Crippen LogP contribution in [-0.4, -0.2) is 11.0 Å². The van der Waals surface area contributed by atoms with Crippen molar-refractivity contribution in [3.05, 3.63) is 44.7 Å². The number of aromatic nitrogens is 1. The largest absolute Gasteiger partial charge is 0.348 e. The van der Waals surface area contributed by atoms with Crippen LogP contribution in [0.25, 0.3) is 0 Å². The van der Waals surface area contributed by atoms with Gasteiger partial charge in [0.25, 0.3) is 0 Å².